The van der Waals surface area contributed by atoms with Crippen LogP contribution in [0.3, 0.4) is 0 Å². The topological polar surface area (TPSA) is 66.5 Å². The fraction of sp³-hybridized carbons (Fsp3) is 0.438. The molecule has 0 radical (unpaired) electrons. The number of carbonyl (C=O) groups excluding carboxylic acids is 3. The number of aryl methyl sites for hydroxylation is 1. The molecule has 0 unspecified atom stereocenters. The van der Waals surface area contributed by atoms with Crippen LogP contribution >= 0.6 is 0 Å². The van der Waals surface area contributed by atoms with Crippen molar-refractivity contribution in [3.8, 4) is 0 Å². The van der Waals surface area contributed by atoms with Crippen LogP contribution in [0, 0.1) is 0 Å². The monoisotopic (exact) mass is 286 g/mol. The van der Waals surface area contributed by atoms with Crippen LogP contribution in [-0.4, -0.2) is 30.2 Å². The molecule has 0 aromatic heterocycles. The second kappa shape index (κ2) is 5.31. The van der Waals surface area contributed by atoms with Gasteiger partial charge in [-0.1, -0.05) is 13.0 Å². The number of amides is 2. The van der Waals surface area contributed by atoms with E-state index in [0.717, 1.165) is 24.8 Å². The molecule has 1 aliphatic carbocycles. The van der Waals surface area contributed by atoms with Gasteiger partial charge in [0, 0.05) is 19.0 Å². The number of ketones is 1. The van der Waals surface area contributed by atoms with Gasteiger partial charge in [0.15, 0.2) is 0 Å². The van der Waals surface area contributed by atoms with Crippen LogP contribution in [0.1, 0.15) is 42.1 Å². The van der Waals surface area contributed by atoms with Crippen molar-refractivity contribution in [3.63, 3.8) is 0 Å². The molecule has 2 aliphatic rings. The number of nitrogens with zero attached hydrogens (tertiary/aromatic N) is 1. The minimum Gasteiger partial charge on any atom is -0.353 e. The normalized spacial score (nSPS) is 17.1. The summed E-state index contributed by atoms with van der Waals surface area (Å²) in [5, 5.41) is 2.88. The van der Waals surface area contributed by atoms with E-state index in [2.05, 4.69) is 5.32 Å². The first-order valence-electron chi connectivity index (χ1n) is 7.38. The molecule has 1 saturated carbocycles. The van der Waals surface area contributed by atoms with Crippen molar-refractivity contribution in [2.24, 2.45) is 0 Å². The van der Waals surface area contributed by atoms with E-state index in [-0.39, 0.29) is 18.9 Å². The predicted octanol–water partition coefficient (Wildman–Crippen LogP) is 1.45. The molecular formula is C16H18N2O3. The van der Waals surface area contributed by atoms with E-state index in [1.807, 2.05) is 13.0 Å². The van der Waals surface area contributed by atoms with Gasteiger partial charge in [-0.05, 0) is 37.0 Å². The Hall–Kier alpha value is -2.17. The molecule has 3 rings (SSSR count). The molecule has 0 atom stereocenters. The SMILES string of the molecule is CCc1ccc2c(c1)C(=O)C(=O)N2CCC(=O)NC1CC1. The van der Waals surface area contributed by atoms with Crippen molar-refractivity contribution in [2.45, 2.75) is 38.6 Å². The number of hydrogen-bond acceptors (Lipinski definition) is 3. The summed E-state index contributed by atoms with van der Waals surface area (Å²) in [6.45, 7) is 2.25. The van der Waals surface area contributed by atoms with Gasteiger partial charge in [-0.2, -0.15) is 0 Å². The van der Waals surface area contributed by atoms with Gasteiger partial charge >= 0.3 is 0 Å². The van der Waals surface area contributed by atoms with Crippen molar-refractivity contribution >= 4 is 23.3 Å². The van der Waals surface area contributed by atoms with E-state index >= 15 is 0 Å². The van der Waals surface area contributed by atoms with Crippen LogP contribution in [0.25, 0.3) is 0 Å². The molecular weight excluding hydrogens is 268 g/mol. The minimum absolute atomic E-state index is 0.0589. The first-order valence-corrected chi connectivity index (χ1v) is 7.38. The summed E-state index contributed by atoms with van der Waals surface area (Å²) in [6, 6.07) is 5.81. The van der Waals surface area contributed by atoms with Crippen LogP contribution in [0.4, 0.5) is 5.69 Å². The summed E-state index contributed by atoms with van der Waals surface area (Å²) in [5.74, 6) is -1.06. The Balaban J connectivity index is 1.72. The lowest BCUT2D eigenvalue weighted by Crippen LogP contribution is -2.35. The minimum atomic E-state index is -0.530. The Labute approximate surface area is 123 Å². The third-order valence-corrected chi connectivity index (χ3v) is 3.95. The number of carbonyl (C=O) groups is 3. The van der Waals surface area contributed by atoms with E-state index in [0.29, 0.717) is 17.3 Å². The summed E-state index contributed by atoms with van der Waals surface area (Å²) in [7, 11) is 0. The molecule has 5 heteroatoms. The Morgan fingerprint density at radius 3 is 2.76 bits per heavy atom. The summed E-state index contributed by atoms with van der Waals surface area (Å²) >= 11 is 0. The van der Waals surface area contributed by atoms with Crippen molar-refractivity contribution in [1.29, 1.82) is 0 Å². The van der Waals surface area contributed by atoms with E-state index < -0.39 is 11.7 Å². The molecule has 0 saturated heterocycles. The molecule has 1 aromatic carbocycles. The maximum Gasteiger partial charge on any atom is 0.299 e. The molecule has 2 amide bonds. The fourth-order valence-corrected chi connectivity index (χ4v) is 2.53. The van der Waals surface area contributed by atoms with Gasteiger partial charge in [-0.25, -0.2) is 0 Å². The van der Waals surface area contributed by atoms with Crippen LogP contribution in [-0.2, 0) is 16.0 Å². The standard InChI is InChI=1S/C16H18N2O3/c1-2-10-3-6-13-12(9-10)15(20)16(21)18(13)8-7-14(19)17-11-4-5-11/h3,6,9,11H,2,4-5,7-8H2,1H3,(H,17,19). The number of benzene rings is 1. The highest BCUT2D eigenvalue weighted by molar-refractivity contribution is 6.52. The molecule has 1 aliphatic heterocycles. The third-order valence-electron chi connectivity index (χ3n) is 3.95. The number of nitrogens with one attached hydrogen (secondary N) is 1. The second-order valence-electron chi connectivity index (χ2n) is 5.58. The van der Waals surface area contributed by atoms with Gasteiger partial charge in [0.1, 0.15) is 0 Å². The largest absolute Gasteiger partial charge is 0.353 e. The first kappa shape index (κ1) is 13.8. The van der Waals surface area contributed by atoms with Gasteiger partial charge in [-0.3, -0.25) is 14.4 Å². The molecule has 1 N–H and O–H groups in total. The molecule has 1 fully saturated rings. The van der Waals surface area contributed by atoms with Gasteiger partial charge in [0.25, 0.3) is 11.7 Å². The number of rotatable bonds is 5. The number of hydrogen-bond donors (Lipinski definition) is 1. The van der Waals surface area contributed by atoms with Crippen LogP contribution in [0.15, 0.2) is 18.2 Å². The molecule has 110 valence electrons. The second-order valence-corrected chi connectivity index (χ2v) is 5.58. The van der Waals surface area contributed by atoms with Gasteiger partial charge < -0.3 is 10.2 Å². The Morgan fingerprint density at radius 1 is 1.33 bits per heavy atom. The van der Waals surface area contributed by atoms with Gasteiger partial charge in [0.2, 0.25) is 5.91 Å². The van der Waals surface area contributed by atoms with Crippen molar-refractivity contribution in [2.75, 3.05) is 11.4 Å². The maximum absolute atomic E-state index is 12.1. The molecule has 5 nitrogen and oxygen atoms in total. The number of anilines is 1. The quantitative estimate of drug-likeness (QED) is 0.833. The van der Waals surface area contributed by atoms with Crippen LogP contribution < -0.4 is 10.2 Å². The summed E-state index contributed by atoms with van der Waals surface area (Å²) in [4.78, 5) is 37.2. The third kappa shape index (κ3) is 2.68. The lowest BCUT2D eigenvalue weighted by Gasteiger charge is -2.16. The maximum atomic E-state index is 12.1. The zero-order valence-corrected chi connectivity index (χ0v) is 12.0. The van der Waals surface area contributed by atoms with Crippen LogP contribution in [0.2, 0.25) is 0 Å². The zero-order valence-electron chi connectivity index (χ0n) is 12.0. The molecule has 0 bridgehead atoms. The highest BCUT2D eigenvalue weighted by atomic mass is 16.2. The van der Waals surface area contributed by atoms with E-state index in [1.165, 1.54) is 4.90 Å². The van der Waals surface area contributed by atoms with E-state index in [9.17, 15) is 14.4 Å². The number of fused-ring (bicyclic) bond motifs is 1. The summed E-state index contributed by atoms with van der Waals surface area (Å²) in [6.07, 6.45) is 3.12. The lowest BCUT2D eigenvalue weighted by molar-refractivity contribution is -0.121. The van der Waals surface area contributed by atoms with Crippen molar-refractivity contribution < 1.29 is 14.4 Å². The lowest BCUT2D eigenvalue weighted by atomic mass is 10.1. The molecule has 21 heavy (non-hydrogen) atoms. The van der Waals surface area contributed by atoms with Crippen molar-refractivity contribution in [1.82, 2.24) is 5.32 Å². The van der Waals surface area contributed by atoms with E-state index in [1.54, 1.807) is 12.1 Å². The number of Topliss-reactive ketones (excluding diaryl/α,β-unsaturated/α-hetero) is 1. The zero-order chi connectivity index (χ0) is 15.0. The fourth-order valence-electron chi connectivity index (χ4n) is 2.53. The summed E-state index contributed by atoms with van der Waals surface area (Å²) in [5.41, 5.74) is 2.12. The smallest absolute Gasteiger partial charge is 0.299 e. The highest BCUT2D eigenvalue weighted by Gasteiger charge is 2.36. The van der Waals surface area contributed by atoms with Crippen molar-refractivity contribution in [3.05, 3.63) is 29.3 Å². The first-order chi connectivity index (χ1) is 10.1. The van der Waals surface area contributed by atoms with Gasteiger partial charge in [0.05, 0.1) is 11.3 Å². The average molecular weight is 286 g/mol. The predicted molar refractivity (Wildman–Crippen MR) is 78.3 cm³/mol. The van der Waals surface area contributed by atoms with Crippen LogP contribution in [0.5, 0.6) is 0 Å². The average Bonchev–Trinajstić information content (AvgIpc) is 3.26. The van der Waals surface area contributed by atoms with Gasteiger partial charge in [-0.15, -0.1) is 0 Å². The van der Waals surface area contributed by atoms with E-state index in [4.69, 9.17) is 0 Å². The highest BCUT2D eigenvalue weighted by Crippen LogP contribution is 2.30. The Morgan fingerprint density at radius 2 is 2.10 bits per heavy atom. The summed E-state index contributed by atoms with van der Waals surface area (Å²) < 4.78 is 0. The molecule has 0 spiro atoms. The molecule has 1 aromatic rings. The molecule has 1 heterocycles. The Bertz CT molecular complexity index is 620. The Kier molecular flexibility index (Phi) is 3.49.